The van der Waals surface area contributed by atoms with Crippen molar-refractivity contribution in [1.82, 2.24) is 86.7 Å². The molecule has 3 unspecified atom stereocenters. The summed E-state index contributed by atoms with van der Waals surface area (Å²) >= 11 is 0. The number of alkyl halides is 3. The van der Waals surface area contributed by atoms with Crippen molar-refractivity contribution in [2.24, 2.45) is 21.1 Å². The number of rotatable bonds is 6. The van der Waals surface area contributed by atoms with E-state index in [1.165, 1.54) is 80.4 Å². The second-order valence-corrected chi connectivity index (χ2v) is 31.3. The van der Waals surface area contributed by atoms with E-state index in [1.54, 1.807) is 77.8 Å². The lowest BCUT2D eigenvalue weighted by Crippen LogP contribution is -2.43. The van der Waals surface area contributed by atoms with Crippen molar-refractivity contribution in [2.75, 3.05) is 54.0 Å². The highest BCUT2D eigenvalue weighted by molar-refractivity contribution is 6.11. The fourth-order valence-electron chi connectivity index (χ4n) is 17.1. The summed E-state index contributed by atoms with van der Waals surface area (Å²) in [4.78, 5) is 56.2. The molecule has 21 nitrogen and oxygen atoms in total. The van der Waals surface area contributed by atoms with Gasteiger partial charge in [-0.05, 0) is 177 Å². The van der Waals surface area contributed by atoms with E-state index < -0.39 is 48.0 Å². The molecular weight excluding hydrogens is 1640 g/mol. The second-order valence-electron chi connectivity index (χ2n) is 31.3. The Hall–Kier alpha value is -15.0. The molecule has 21 aromatic rings. The summed E-state index contributed by atoms with van der Waals surface area (Å²) in [6, 6.07) is 51.4. The maximum Gasteiger partial charge on any atom is 0.236 e. The zero-order valence-electron chi connectivity index (χ0n) is 68.6. The van der Waals surface area contributed by atoms with Crippen LogP contribution >= 0.6 is 0 Å². The molecule has 6 aromatic carbocycles. The summed E-state index contributed by atoms with van der Waals surface area (Å²) in [5.74, 6) is 0.0307. The highest BCUT2D eigenvalue weighted by Crippen LogP contribution is 2.39. The number of imidazole rings is 3. The van der Waals surface area contributed by atoms with Gasteiger partial charge in [0.05, 0.1) is 80.3 Å². The molecule has 0 aliphatic carbocycles. The first kappa shape index (κ1) is 81.6. The smallest absolute Gasteiger partial charge is 0.236 e. The number of piperidine rings is 3. The molecule has 3 fully saturated rings. The van der Waals surface area contributed by atoms with Gasteiger partial charge in [0.15, 0.2) is 11.6 Å². The van der Waals surface area contributed by atoms with Gasteiger partial charge >= 0.3 is 0 Å². The predicted octanol–water partition coefficient (Wildman–Crippen LogP) is 20.8. The summed E-state index contributed by atoms with van der Waals surface area (Å²) in [6.45, 7) is 3.90. The van der Waals surface area contributed by atoms with Crippen molar-refractivity contribution < 1.29 is 43.9 Å². The van der Waals surface area contributed by atoms with Gasteiger partial charge in [-0.25, -0.2) is 60.6 Å². The number of hydrogen-bond acceptors (Lipinski definition) is 15. The van der Waals surface area contributed by atoms with Gasteiger partial charge in [-0.2, -0.15) is 28.1 Å². The van der Waals surface area contributed by atoms with Gasteiger partial charge in [0.25, 0.3) is 0 Å². The van der Waals surface area contributed by atoms with Crippen LogP contribution in [0.5, 0.6) is 0 Å². The van der Waals surface area contributed by atoms with E-state index >= 15 is 0 Å². The summed E-state index contributed by atoms with van der Waals surface area (Å²) < 4.78 is 149. The number of para-hydroxylation sites is 6. The van der Waals surface area contributed by atoms with Crippen LogP contribution in [-0.2, 0) is 21.1 Å². The van der Waals surface area contributed by atoms with Gasteiger partial charge in [-0.3, -0.25) is 28.2 Å². The zero-order chi connectivity index (χ0) is 87.3. The SMILES string of the molecule is Cn1c2ccncc2c2c(F)c(F)c(-c3ccc(F)nc3)cc21.Cn1c2ccncc2c2c(F)cc(-c3ccc(F)nc3)cc21.Cn1c2ccncc2c2cc(F)c(-c3ccc(F)nc3)cc21.FC1CC(F)CN(c2ccn3c(n2)nc2ccccc23)C1.FC1CCCN(c2ccn3c(n2)nc2ccccc23)C1.c1ccc2c(c1)nc1nc(N3CCCCC3)ccn12. The summed E-state index contributed by atoms with van der Waals surface area (Å²) in [7, 11) is 5.58. The molecule has 3 aliphatic heterocycles. The van der Waals surface area contributed by atoms with E-state index in [2.05, 4.69) is 82.5 Å². The van der Waals surface area contributed by atoms with Gasteiger partial charge in [0.2, 0.25) is 35.2 Å². The van der Waals surface area contributed by atoms with E-state index in [-0.39, 0.29) is 42.1 Å². The Morgan fingerprint density at radius 3 is 1.26 bits per heavy atom. The van der Waals surface area contributed by atoms with Crippen molar-refractivity contribution in [3.63, 3.8) is 0 Å². The van der Waals surface area contributed by atoms with Crippen LogP contribution in [0.3, 0.4) is 0 Å². The Kier molecular flexibility index (Phi) is 22.2. The van der Waals surface area contributed by atoms with Crippen LogP contribution in [0, 0.1) is 41.1 Å². The average molecular weight is 1710 g/mol. The van der Waals surface area contributed by atoms with Crippen molar-refractivity contribution in [3.8, 4) is 33.4 Å². The number of pyridine rings is 6. The number of aromatic nitrogens is 18. The van der Waals surface area contributed by atoms with E-state index in [0.717, 1.165) is 126 Å². The summed E-state index contributed by atoms with van der Waals surface area (Å²) in [5, 5.41) is 3.77. The summed E-state index contributed by atoms with van der Waals surface area (Å²) in [5.41, 5.74) is 13.4. The third kappa shape index (κ3) is 16.1. The predicted molar refractivity (Wildman–Crippen MR) is 475 cm³/mol. The largest absolute Gasteiger partial charge is 0.356 e. The molecule has 636 valence electrons. The zero-order valence-corrected chi connectivity index (χ0v) is 68.6. The number of halogens is 10. The molecule has 0 amide bonds. The standard InChI is InChI=1S/C17H10F3N3.2C17H11F2N3.C15H14F2N4.C15H15FN4.C15H16N4/c1-23-12-4-5-21-8-11(12)15-13(23)6-10(16(19)17(15)20)9-2-3-14(18)22-7-9;1-22-15-4-5-20-9-13(15)12-6-14(18)11(7-16(12)22)10-2-3-17(19)21-8-10;1-22-14-4-5-20-9-12(14)17-13(18)6-11(7-15(17)22)10-2-3-16(19)21-8-10;16-10-7-11(17)9-20(8-10)14-5-6-21-13-4-2-1-3-12(13)18-15(21)19-14;16-11-4-3-8-19(10-11)14-7-9-20-13-6-2-1-5-12(13)17-15(20)18-14;1-4-9-18(10-5-1)14-8-11-19-13-7-3-2-6-12(13)16-15(19)17-14/h2-8H,1H3;2*2-9H,1H3;1-6,10-11H,7-9H2;1-2,5-7,9,11H,3-4,8,10H2;2-3,6-8,11H,1,4-5,9-10H2. The first-order chi connectivity index (χ1) is 61.8. The van der Waals surface area contributed by atoms with Crippen molar-refractivity contribution in [1.29, 1.82) is 0 Å². The van der Waals surface area contributed by atoms with Crippen LogP contribution in [0.1, 0.15) is 38.5 Å². The molecule has 24 rings (SSSR count). The molecule has 3 atom stereocenters. The molecular formula is C96H77F10N21. The fourth-order valence-corrected chi connectivity index (χ4v) is 17.1. The number of aryl methyl sites for hydroxylation is 3. The molecule has 3 aliphatic rings. The number of nitrogens with zero attached hydrogens (tertiary/aromatic N) is 21. The Balaban J connectivity index is 0.0000000994. The van der Waals surface area contributed by atoms with Gasteiger partial charge < -0.3 is 28.4 Å². The Morgan fingerprint density at radius 1 is 0.315 bits per heavy atom. The van der Waals surface area contributed by atoms with Gasteiger partial charge in [-0.15, -0.1) is 0 Å². The topological polar surface area (TPSA) is 192 Å². The third-order valence-corrected chi connectivity index (χ3v) is 23.4. The highest BCUT2D eigenvalue weighted by Gasteiger charge is 2.29. The lowest BCUT2D eigenvalue weighted by Gasteiger charge is -2.31. The minimum Gasteiger partial charge on any atom is -0.356 e. The van der Waals surface area contributed by atoms with Crippen LogP contribution in [0.25, 0.3) is 149 Å². The molecule has 31 heteroatoms. The number of fused-ring (bicyclic) bond motifs is 18. The van der Waals surface area contributed by atoms with Gasteiger partial charge in [-0.1, -0.05) is 36.4 Å². The summed E-state index contributed by atoms with van der Waals surface area (Å²) in [6.07, 6.45) is 22.1. The van der Waals surface area contributed by atoms with Crippen LogP contribution in [-0.4, -0.2) is 144 Å². The molecule has 3 saturated heterocycles. The van der Waals surface area contributed by atoms with Crippen LogP contribution in [0.4, 0.5) is 61.4 Å². The lowest BCUT2D eigenvalue weighted by molar-refractivity contribution is 0.191. The van der Waals surface area contributed by atoms with Crippen molar-refractivity contribution >= 4 is 133 Å². The molecule has 18 heterocycles. The molecule has 0 spiro atoms. The number of hydrogen-bond donors (Lipinski definition) is 0. The van der Waals surface area contributed by atoms with Gasteiger partial charge in [0, 0.05) is 187 Å². The average Bonchev–Trinajstić information content (AvgIpc) is 1.59. The Labute approximate surface area is 717 Å². The first-order valence-electron chi connectivity index (χ1n) is 41.3. The highest BCUT2D eigenvalue weighted by atomic mass is 19.2. The fraction of sp³-hybridized carbons (Fsp3) is 0.188. The maximum absolute atomic E-state index is 14.7. The van der Waals surface area contributed by atoms with Crippen LogP contribution in [0.15, 0.2) is 250 Å². The number of anilines is 3. The lowest BCUT2D eigenvalue weighted by atomic mass is 10.0. The molecule has 127 heavy (non-hydrogen) atoms. The van der Waals surface area contributed by atoms with Crippen LogP contribution in [0.2, 0.25) is 0 Å². The Bertz CT molecular complexity index is 7670. The molecule has 15 aromatic heterocycles. The molecule has 0 radical (unpaired) electrons. The first-order valence-corrected chi connectivity index (χ1v) is 41.3. The van der Waals surface area contributed by atoms with E-state index in [4.69, 9.17) is 4.98 Å². The number of benzene rings is 6. The van der Waals surface area contributed by atoms with Gasteiger partial charge in [0.1, 0.15) is 47.6 Å². The van der Waals surface area contributed by atoms with E-state index in [0.29, 0.717) is 74.4 Å². The van der Waals surface area contributed by atoms with E-state index in [9.17, 15) is 43.9 Å². The van der Waals surface area contributed by atoms with Crippen LogP contribution < -0.4 is 14.7 Å². The molecule has 0 N–H and O–H groups in total. The third-order valence-electron chi connectivity index (χ3n) is 23.4. The molecule has 0 saturated carbocycles. The maximum atomic E-state index is 14.7. The van der Waals surface area contributed by atoms with Crippen molar-refractivity contribution in [2.45, 2.75) is 57.0 Å². The second kappa shape index (κ2) is 34.6. The molecule has 0 bridgehead atoms. The van der Waals surface area contributed by atoms with E-state index in [1.807, 2.05) is 140 Å². The minimum absolute atomic E-state index is 0.0218. The quantitative estimate of drug-likeness (QED) is 0.113. The Morgan fingerprint density at radius 2 is 0.748 bits per heavy atom. The minimum atomic E-state index is -1.15. The monoisotopic (exact) mass is 1710 g/mol. The normalized spacial score (nSPS) is 15.4. The van der Waals surface area contributed by atoms with Crippen molar-refractivity contribution in [3.05, 3.63) is 291 Å².